The highest BCUT2D eigenvalue weighted by atomic mass is 16.7. The van der Waals surface area contributed by atoms with Crippen LogP contribution in [0.5, 0.6) is 5.75 Å². The molecule has 248 valence electrons. The number of carboxylic acid groups (broad SMARTS) is 1. The van der Waals surface area contributed by atoms with E-state index >= 15 is 0 Å². The Bertz CT molecular complexity index is 1240. The number of esters is 1. The van der Waals surface area contributed by atoms with Crippen LogP contribution in [0.2, 0.25) is 0 Å². The number of hydrogen-bond acceptors (Lipinski definition) is 11. The third-order valence-electron chi connectivity index (χ3n) is 5.79. The molecular formula is C30H41N3O12. The largest absolute Gasteiger partial charge is 0.479 e. The third-order valence-corrected chi connectivity index (χ3v) is 5.79. The molecule has 45 heavy (non-hydrogen) atoms. The summed E-state index contributed by atoms with van der Waals surface area (Å²) in [6, 6.07) is 4.56. The molecule has 4 atom stereocenters. The molecule has 5 N–H and O–H groups in total. The minimum atomic E-state index is -1.74. The Kier molecular flexibility index (Phi) is 16.8. The van der Waals surface area contributed by atoms with Crippen molar-refractivity contribution in [3.05, 3.63) is 42.0 Å². The quantitative estimate of drug-likeness (QED) is 0.160. The smallest absolute Gasteiger partial charge is 0.335 e. The second kappa shape index (κ2) is 19.6. The van der Waals surface area contributed by atoms with Crippen molar-refractivity contribution < 1.29 is 58.3 Å². The van der Waals surface area contributed by atoms with Gasteiger partial charge in [0.1, 0.15) is 25.0 Å². The van der Waals surface area contributed by atoms with Crippen LogP contribution < -0.4 is 15.4 Å². The molecule has 0 bridgehead atoms. The summed E-state index contributed by atoms with van der Waals surface area (Å²) < 4.78 is 15.8. The summed E-state index contributed by atoms with van der Waals surface area (Å²) in [6.45, 7) is 8.65. The molecule has 15 heteroatoms. The lowest BCUT2D eigenvalue weighted by molar-refractivity contribution is -0.228. The number of amides is 4. The van der Waals surface area contributed by atoms with Crippen molar-refractivity contribution in [2.45, 2.75) is 72.1 Å². The number of benzene rings is 1. The zero-order valence-electron chi connectivity index (χ0n) is 25.8. The van der Waals surface area contributed by atoms with Gasteiger partial charge in [-0.1, -0.05) is 39.8 Å². The number of rotatable bonds is 12. The predicted octanol–water partition coefficient (Wildman–Crippen LogP) is 0.985. The fraction of sp³-hybridized carbons (Fsp3) is 0.467. The first kappa shape index (κ1) is 38.4. The fourth-order valence-corrected chi connectivity index (χ4v) is 3.78. The summed E-state index contributed by atoms with van der Waals surface area (Å²) in [5.74, 6) is -4.34. The third kappa shape index (κ3) is 12.5. The number of carbonyl (C=O) groups excluding carboxylic acids is 5. The molecule has 0 saturated carbocycles. The van der Waals surface area contributed by atoms with E-state index < -0.39 is 66.7 Å². The van der Waals surface area contributed by atoms with Crippen molar-refractivity contribution in [2.75, 3.05) is 25.0 Å². The van der Waals surface area contributed by atoms with Crippen molar-refractivity contribution in [3.8, 4) is 5.75 Å². The zero-order chi connectivity index (χ0) is 34.1. The molecule has 4 amide bonds. The minimum Gasteiger partial charge on any atom is -0.479 e. The van der Waals surface area contributed by atoms with Crippen LogP contribution in [0, 0.1) is 0 Å². The summed E-state index contributed by atoms with van der Waals surface area (Å²) in [6.07, 6.45) is -1.33. The highest BCUT2D eigenvalue weighted by molar-refractivity contribution is 6.14. The second-order valence-electron chi connectivity index (χ2n) is 8.94. The highest BCUT2D eigenvalue weighted by Gasteiger charge is 2.42. The highest BCUT2D eigenvalue weighted by Crippen LogP contribution is 2.31. The number of aliphatic carboxylic acids is 1. The average Bonchev–Trinajstić information content (AvgIpc) is 3.32. The minimum absolute atomic E-state index is 0.00632. The van der Waals surface area contributed by atoms with Gasteiger partial charge in [0, 0.05) is 38.5 Å². The molecule has 1 aromatic carbocycles. The van der Waals surface area contributed by atoms with Gasteiger partial charge in [0.2, 0.25) is 18.1 Å². The number of nitrogens with one attached hydrogen (secondary N) is 2. The van der Waals surface area contributed by atoms with E-state index in [-0.39, 0.29) is 37.4 Å². The molecule has 3 rings (SSSR count). The first-order valence-electron chi connectivity index (χ1n) is 14.4. The molecule has 2 aliphatic heterocycles. The topological polar surface area (TPSA) is 218 Å². The Hall–Kier alpha value is -4.60. The fourth-order valence-electron chi connectivity index (χ4n) is 3.78. The Balaban J connectivity index is 0.00000243. The standard InChI is InChI=1S/C26H29N3O12.2C2H6/c1-14(30)39-10-2-3-15-4-5-18(40-23-12-17(31)24(36)25(41-23)26(37)38)16(11-15)28-19(32)8-9-27-20(33)13-29-21(34)6-7-22(29)35;2*1-2/h2-7,11,17,23-25,31,36H,8-10,12-13H2,1H3,(H,27,33)(H,28,32)(H,37,38);2*1-2H3/b3-2+;;/t17?,23?,24-,25?;;/m0../s1. The van der Waals surface area contributed by atoms with Gasteiger partial charge in [-0.3, -0.25) is 28.9 Å². The number of carbonyl (C=O) groups is 6. The van der Waals surface area contributed by atoms with Gasteiger partial charge in [-0.15, -0.1) is 0 Å². The van der Waals surface area contributed by atoms with Crippen LogP contribution in [0.4, 0.5) is 5.69 Å². The van der Waals surface area contributed by atoms with E-state index in [2.05, 4.69) is 10.6 Å². The summed E-state index contributed by atoms with van der Waals surface area (Å²) in [5, 5.41) is 34.3. The van der Waals surface area contributed by atoms with Gasteiger partial charge < -0.3 is 40.2 Å². The maximum absolute atomic E-state index is 12.7. The lowest BCUT2D eigenvalue weighted by Crippen LogP contribution is -2.53. The number of carboxylic acids is 1. The first-order valence-corrected chi connectivity index (χ1v) is 14.4. The normalized spacial score (nSPS) is 20.4. The van der Waals surface area contributed by atoms with Gasteiger partial charge in [-0.25, -0.2) is 4.79 Å². The van der Waals surface area contributed by atoms with Crippen LogP contribution in [0.15, 0.2) is 36.4 Å². The van der Waals surface area contributed by atoms with Crippen molar-refractivity contribution in [1.82, 2.24) is 10.2 Å². The van der Waals surface area contributed by atoms with E-state index in [4.69, 9.17) is 14.2 Å². The Labute approximate surface area is 260 Å². The van der Waals surface area contributed by atoms with E-state index in [1.54, 1.807) is 18.2 Å². The number of anilines is 1. The Morgan fingerprint density at radius 2 is 1.69 bits per heavy atom. The predicted molar refractivity (Wildman–Crippen MR) is 160 cm³/mol. The molecule has 0 radical (unpaired) electrons. The SMILES string of the molecule is CC.CC.CC(=O)OC/C=C/c1ccc(OC2CC(O)[C@H](O)C(C(=O)O)O2)c(NC(=O)CCNC(=O)CN2C(=O)C=CC2=O)c1. The number of nitrogens with zero attached hydrogens (tertiary/aromatic N) is 1. The molecule has 2 aliphatic rings. The van der Waals surface area contributed by atoms with Gasteiger partial charge in [0.25, 0.3) is 11.8 Å². The lowest BCUT2D eigenvalue weighted by atomic mass is 10.0. The average molecular weight is 636 g/mol. The molecule has 3 unspecified atom stereocenters. The molecule has 2 heterocycles. The van der Waals surface area contributed by atoms with E-state index in [1.807, 2.05) is 27.7 Å². The van der Waals surface area contributed by atoms with E-state index in [1.165, 1.54) is 19.1 Å². The molecule has 1 aromatic rings. The first-order chi connectivity index (χ1) is 21.4. The van der Waals surface area contributed by atoms with Crippen LogP contribution in [0.3, 0.4) is 0 Å². The maximum atomic E-state index is 12.7. The van der Waals surface area contributed by atoms with Gasteiger partial charge in [-0.2, -0.15) is 0 Å². The molecule has 1 saturated heterocycles. The van der Waals surface area contributed by atoms with Gasteiger partial charge in [-0.05, 0) is 23.8 Å². The number of imide groups is 1. The van der Waals surface area contributed by atoms with E-state index in [0.29, 0.717) is 5.56 Å². The van der Waals surface area contributed by atoms with Crippen LogP contribution in [0.25, 0.3) is 6.08 Å². The Morgan fingerprint density at radius 1 is 1.04 bits per heavy atom. The molecule has 0 aromatic heterocycles. The van der Waals surface area contributed by atoms with Gasteiger partial charge in [0.05, 0.1) is 11.8 Å². The van der Waals surface area contributed by atoms with Crippen LogP contribution >= 0.6 is 0 Å². The molecular weight excluding hydrogens is 594 g/mol. The van der Waals surface area contributed by atoms with E-state index in [9.17, 15) is 44.1 Å². The van der Waals surface area contributed by atoms with Crippen molar-refractivity contribution in [1.29, 1.82) is 0 Å². The molecule has 1 fully saturated rings. The molecule has 15 nitrogen and oxygen atoms in total. The molecule has 0 aliphatic carbocycles. The van der Waals surface area contributed by atoms with Gasteiger partial charge in [0.15, 0.2) is 6.10 Å². The van der Waals surface area contributed by atoms with Crippen molar-refractivity contribution >= 4 is 47.3 Å². The number of aliphatic hydroxyl groups is 2. The van der Waals surface area contributed by atoms with Crippen LogP contribution in [0.1, 0.15) is 53.0 Å². The number of hydrogen-bond donors (Lipinski definition) is 5. The van der Waals surface area contributed by atoms with Crippen molar-refractivity contribution in [2.24, 2.45) is 0 Å². The van der Waals surface area contributed by atoms with E-state index in [0.717, 1.165) is 17.1 Å². The monoisotopic (exact) mass is 635 g/mol. The summed E-state index contributed by atoms with van der Waals surface area (Å²) in [4.78, 5) is 71.0. The number of ether oxygens (including phenoxy) is 3. The summed E-state index contributed by atoms with van der Waals surface area (Å²) >= 11 is 0. The van der Waals surface area contributed by atoms with Gasteiger partial charge >= 0.3 is 11.9 Å². The number of aliphatic hydroxyl groups excluding tert-OH is 2. The zero-order valence-corrected chi connectivity index (χ0v) is 25.8. The maximum Gasteiger partial charge on any atom is 0.335 e. The van der Waals surface area contributed by atoms with Crippen LogP contribution in [-0.2, 0) is 38.2 Å². The van der Waals surface area contributed by atoms with Crippen molar-refractivity contribution in [3.63, 3.8) is 0 Å². The second-order valence-corrected chi connectivity index (χ2v) is 8.94. The summed E-state index contributed by atoms with van der Waals surface area (Å²) in [5.41, 5.74) is 0.691. The lowest BCUT2D eigenvalue weighted by Gasteiger charge is -2.35. The van der Waals surface area contributed by atoms with Crippen LogP contribution in [-0.4, -0.2) is 100 Å². The Morgan fingerprint density at radius 3 is 2.29 bits per heavy atom. The summed E-state index contributed by atoms with van der Waals surface area (Å²) in [7, 11) is 0. The molecule has 0 spiro atoms.